The minimum atomic E-state index is -0.636. The summed E-state index contributed by atoms with van der Waals surface area (Å²) in [6.45, 7) is -0.228. The van der Waals surface area contributed by atoms with Crippen LogP contribution in [0.25, 0.3) is 11.4 Å². The molecule has 2 rings (SSSR count). The molecule has 0 aliphatic heterocycles. The van der Waals surface area contributed by atoms with E-state index in [1.54, 1.807) is 18.5 Å². The Morgan fingerprint density at radius 3 is 3.07 bits per heavy atom. The zero-order valence-electron chi connectivity index (χ0n) is 7.87. The number of nitrogens with two attached hydrogens (primary N) is 1. The summed E-state index contributed by atoms with van der Waals surface area (Å²) in [7, 11) is 0. The summed E-state index contributed by atoms with van der Waals surface area (Å²) in [4.78, 5) is 7.98. The topological polar surface area (TPSA) is 98.1 Å². The van der Waals surface area contributed by atoms with Gasteiger partial charge in [0.2, 0.25) is 11.7 Å². The molecule has 2 aromatic heterocycles. The van der Waals surface area contributed by atoms with Crippen LogP contribution in [0.2, 0.25) is 0 Å². The summed E-state index contributed by atoms with van der Waals surface area (Å²) in [6.07, 6.45) is 3.28. The lowest BCUT2D eigenvalue weighted by Crippen LogP contribution is -2.14. The maximum absolute atomic E-state index is 8.80. The van der Waals surface area contributed by atoms with E-state index in [1.807, 2.05) is 6.07 Å². The van der Waals surface area contributed by atoms with Gasteiger partial charge >= 0.3 is 0 Å². The van der Waals surface area contributed by atoms with Gasteiger partial charge in [0, 0.05) is 18.0 Å². The van der Waals surface area contributed by atoms with Crippen LogP contribution in [0, 0.1) is 0 Å². The second-order valence-corrected chi connectivity index (χ2v) is 2.99. The lowest BCUT2D eigenvalue weighted by Gasteiger charge is -1.98. The molecule has 6 heteroatoms. The molecule has 0 bridgehead atoms. The summed E-state index contributed by atoms with van der Waals surface area (Å²) in [5.41, 5.74) is 6.27. The van der Waals surface area contributed by atoms with Crippen molar-refractivity contribution in [1.29, 1.82) is 0 Å². The van der Waals surface area contributed by atoms with E-state index >= 15 is 0 Å². The molecular weight excluding hydrogens is 196 g/mol. The van der Waals surface area contributed by atoms with Crippen LogP contribution >= 0.6 is 0 Å². The summed E-state index contributed by atoms with van der Waals surface area (Å²) < 4.78 is 4.90. The lowest BCUT2D eigenvalue weighted by atomic mass is 10.3. The first-order valence-corrected chi connectivity index (χ1v) is 4.41. The van der Waals surface area contributed by atoms with E-state index < -0.39 is 6.04 Å². The van der Waals surface area contributed by atoms with E-state index in [0.717, 1.165) is 5.56 Å². The molecule has 0 aliphatic rings. The van der Waals surface area contributed by atoms with Crippen LogP contribution in [0.4, 0.5) is 0 Å². The Labute approximate surface area is 85.8 Å². The molecule has 0 saturated carbocycles. The Hall–Kier alpha value is -1.79. The highest BCUT2D eigenvalue weighted by atomic mass is 16.5. The summed E-state index contributed by atoms with van der Waals surface area (Å²) >= 11 is 0. The van der Waals surface area contributed by atoms with Crippen molar-refractivity contribution in [1.82, 2.24) is 15.1 Å². The van der Waals surface area contributed by atoms with E-state index in [9.17, 15) is 0 Å². The van der Waals surface area contributed by atoms with Crippen LogP contribution < -0.4 is 5.73 Å². The van der Waals surface area contributed by atoms with Gasteiger partial charge in [-0.15, -0.1) is 0 Å². The predicted molar refractivity (Wildman–Crippen MR) is 51.5 cm³/mol. The minimum Gasteiger partial charge on any atom is -0.394 e. The van der Waals surface area contributed by atoms with Gasteiger partial charge < -0.3 is 15.4 Å². The van der Waals surface area contributed by atoms with E-state index in [4.69, 9.17) is 15.4 Å². The van der Waals surface area contributed by atoms with Crippen molar-refractivity contribution in [2.75, 3.05) is 6.61 Å². The fourth-order valence-corrected chi connectivity index (χ4v) is 1.08. The van der Waals surface area contributed by atoms with Gasteiger partial charge in [0.05, 0.1) is 6.61 Å². The monoisotopic (exact) mass is 206 g/mol. The van der Waals surface area contributed by atoms with Gasteiger partial charge in [0.15, 0.2) is 0 Å². The van der Waals surface area contributed by atoms with Crippen molar-refractivity contribution >= 4 is 0 Å². The standard InChI is InChI=1S/C9H10N4O2/c10-7(5-14)9-12-8(13-15-9)6-2-1-3-11-4-6/h1-4,7,14H,5,10H2. The molecule has 0 aromatic carbocycles. The average molecular weight is 206 g/mol. The molecule has 15 heavy (non-hydrogen) atoms. The van der Waals surface area contributed by atoms with Gasteiger partial charge in [0.25, 0.3) is 0 Å². The van der Waals surface area contributed by atoms with Crippen molar-refractivity contribution in [3.63, 3.8) is 0 Å². The van der Waals surface area contributed by atoms with Crippen LogP contribution in [0.1, 0.15) is 11.9 Å². The van der Waals surface area contributed by atoms with Gasteiger partial charge in [-0.05, 0) is 12.1 Å². The maximum Gasteiger partial charge on any atom is 0.246 e. The van der Waals surface area contributed by atoms with Gasteiger partial charge in [-0.3, -0.25) is 4.98 Å². The normalized spacial score (nSPS) is 12.7. The second kappa shape index (κ2) is 4.16. The lowest BCUT2D eigenvalue weighted by molar-refractivity contribution is 0.237. The molecule has 78 valence electrons. The Balaban J connectivity index is 2.28. The molecule has 2 aromatic rings. The van der Waals surface area contributed by atoms with E-state index in [2.05, 4.69) is 15.1 Å². The molecule has 0 radical (unpaired) electrons. The van der Waals surface area contributed by atoms with Crippen LogP contribution in [-0.4, -0.2) is 26.8 Å². The number of rotatable bonds is 3. The SMILES string of the molecule is NC(CO)c1nc(-c2cccnc2)no1. The molecule has 0 amide bonds. The fourth-order valence-electron chi connectivity index (χ4n) is 1.08. The third kappa shape index (κ3) is 2.00. The molecule has 0 spiro atoms. The highest BCUT2D eigenvalue weighted by Crippen LogP contribution is 2.15. The van der Waals surface area contributed by atoms with Crippen molar-refractivity contribution in [3.05, 3.63) is 30.4 Å². The van der Waals surface area contributed by atoms with Gasteiger partial charge in [0.1, 0.15) is 6.04 Å². The van der Waals surface area contributed by atoms with E-state index in [-0.39, 0.29) is 12.5 Å². The maximum atomic E-state index is 8.80. The smallest absolute Gasteiger partial charge is 0.246 e. The fraction of sp³-hybridized carbons (Fsp3) is 0.222. The number of nitrogens with zero attached hydrogens (tertiary/aromatic N) is 3. The van der Waals surface area contributed by atoms with Crippen molar-refractivity contribution < 1.29 is 9.63 Å². The molecule has 2 heterocycles. The van der Waals surface area contributed by atoms with Crippen molar-refractivity contribution in [2.24, 2.45) is 5.73 Å². The average Bonchev–Trinajstić information content (AvgIpc) is 2.78. The van der Waals surface area contributed by atoms with Crippen LogP contribution in [0.3, 0.4) is 0 Å². The predicted octanol–water partition coefficient (Wildman–Crippen LogP) is 0.124. The van der Waals surface area contributed by atoms with Gasteiger partial charge in [-0.1, -0.05) is 5.16 Å². The Bertz CT molecular complexity index is 429. The third-order valence-electron chi connectivity index (χ3n) is 1.88. The molecule has 1 atom stereocenters. The molecule has 1 unspecified atom stereocenters. The highest BCUT2D eigenvalue weighted by molar-refractivity contribution is 5.51. The summed E-state index contributed by atoms with van der Waals surface area (Å²) in [5.74, 6) is 0.637. The summed E-state index contributed by atoms with van der Waals surface area (Å²) in [5, 5.41) is 12.5. The van der Waals surface area contributed by atoms with E-state index in [0.29, 0.717) is 5.82 Å². The van der Waals surface area contributed by atoms with Crippen LogP contribution in [0.15, 0.2) is 29.0 Å². The molecule has 0 saturated heterocycles. The quantitative estimate of drug-likeness (QED) is 0.740. The first-order chi connectivity index (χ1) is 7.31. The van der Waals surface area contributed by atoms with Gasteiger partial charge in [-0.25, -0.2) is 0 Å². The Morgan fingerprint density at radius 1 is 1.53 bits per heavy atom. The van der Waals surface area contributed by atoms with Crippen molar-refractivity contribution in [2.45, 2.75) is 6.04 Å². The number of hydrogen-bond acceptors (Lipinski definition) is 6. The highest BCUT2D eigenvalue weighted by Gasteiger charge is 2.14. The van der Waals surface area contributed by atoms with Crippen LogP contribution in [0.5, 0.6) is 0 Å². The summed E-state index contributed by atoms with van der Waals surface area (Å²) in [6, 6.07) is 2.95. The van der Waals surface area contributed by atoms with Crippen molar-refractivity contribution in [3.8, 4) is 11.4 Å². The number of pyridine rings is 1. The third-order valence-corrected chi connectivity index (χ3v) is 1.88. The molecule has 6 nitrogen and oxygen atoms in total. The zero-order chi connectivity index (χ0) is 10.7. The molecule has 0 aliphatic carbocycles. The minimum absolute atomic E-state index is 0.219. The molecule has 0 fully saturated rings. The number of aliphatic hydroxyl groups excluding tert-OH is 1. The zero-order valence-corrected chi connectivity index (χ0v) is 7.87. The Kier molecular flexibility index (Phi) is 2.70. The largest absolute Gasteiger partial charge is 0.394 e. The second-order valence-electron chi connectivity index (χ2n) is 2.99. The van der Waals surface area contributed by atoms with E-state index in [1.165, 1.54) is 0 Å². The molecular formula is C9H10N4O2. The number of aliphatic hydroxyl groups is 1. The van der Waals surface area contributed by atoms with Gasteiger partial charge in [-0.2, -0.15) is 4.98 Å². The number of hydrogen-bond donors (Lipinski definition) is 2. The molecule has 3 N–H and O–H groups in total. The Morgan fingerprint density at radius 2 is 2.40 bits per heavy atom. The first-order valence-electron chi connectivity index (χ1n) is 4.41. The van der Waals surface area contributed by atoms with Crippen LogP contribution in [-0.2, 0) is 0 Å². The number of aromatic nitrogens is 3. The first kappa shape index (κ1) is 9.75.